The first-order chi connectivity index (χ1) is 16.4. The molecule has 34 heavy (non-hydrogen) atoms. The number of hydrogen-bond acceptors (Lipinski definition) is 5. The summed E-state index contributed by atoms with van der Waals surface area (Å²) in [5, 5.41) is 8.09. The zero-order chi connectivity index (χ0) is 24.1. The molecule has 0 bridgehead atoms. The molecule has 1 saturated heterocycles. The number of amides is 2. The van der Waals surface area contributed by atoms with Crippen molar-refractivity contribution < 1.29 is 9.59 Å². The van der Waals surface area contributed by atoms with E-state index in [9.17, 15) is 9.59 Å². The smallest absolute Gasteiger partial charge is 0.223 e. The second-order valence-electron chi connectivity index (χ2n) is 8.64. The van der Waals surface area contributed by atoms with E-state index in [-0.39, 0.29) is 30.7 Å². The van der Waals surface area contributed by atoms with Crippen LogP contribution in [0.1, 0.15) is 48.5 Å². The Morgan fingerprint density at radius 3 is 2.59 bits per heavy atom. The second kappa shape index (κ2) is 10.8. The molecule has 178 valence electrons. The third-order valence-electron chi connectivity index (χ3n) is 6.10. The topological polar surface area (TPSA) is 97.3 Å². The Balaban J connectivity index is 1.42. The van der Waals surface area contributed by atoms with Crippen molar-refractivity contribution in [1.82, 2.24) is 24.8 Å². The van der Waals surface area contributed by atoms with Gasteiger partial charge in [0.1, 0.15) is 5.69 Å². The van der Waals surface area contributed by atoms with Gasteiger partial charge < -0.3 is 15.5 Å². The molecule has 2 heterocycles. The molecule has 1 fully saturated rings. The highest BCUT2D eigenvalue weighted by Gasteiger charge is 2.31. The number of benzene rings is 2. The van der Waals surface area contributed by atoms with Gasteiger partial charge in [0, 0.05) is 49.3 Å². The summed E-state index contributed by atoms with van der Waals surface area (Å²) in [5.41, 5.74) is 9.25. The lowest BCUT2D eigenvalue weighted by molar-refractivity contribution is -0.138. The van der Waals surface area contributed by atoms with E-state index < -0.39 is 0 Å². The molecule has 1 aliphatic heterocycles. The molecule has 1 aromatic heterocycles. The van der Waals surface area contributed by atoms with Crippen LogP contribution in [0.5, 0.6) is 0 Å². The number of carbonyl (C=O) groups excluding carboxylic acids is 2. The van der Waals surface area contributed by atoms with Crippen molar-refractivity contribution in [2.75, 3.05) is 12.3 Å². The molecule has 8 nitrogen and oxygen atoms in total. The molecule has 0 radical (unpaired) electrons. The third-order valence-corrected chi connectivity index (χ3v) is 6.82. The van der Waals surface area contributed by atoms with E-state index in [1.807, 2.05) is 47.4 Å². The van der Waals surface area contributed by atoms with Gasteiger partial charge >= 0.3 is 0 Å². The van der Waals surface area contributed by atoms with Gasteiger partial charge in [-0.3, -0.25) is 14.3 Å². The molecule has 0 spiro atoms. The normalized spacial score (nSPS) is 15.5. The predicted molar refractivity (Wildman–Crippen MR) is 133 cm³/mol. The Hall–Kier alpha value is -3.20. The first-order valence-corrected chi connectivity index (χ1v) is 12.2. The van der Waals surface area contributed by atoms with Crippen LogP contribution in [0.15, 0.2) is 59.2 Å². The molecule has 2 amide bonds. The van der Waals surface area contributed by atoms with Gasteiger partial charge in [0.15, 0.2) is 0 Å². The maximum Gasteiger partial charge on any atom is 0.223 e. The quantitative estimate of drug-likeness (QED) is 0.451. The number of aryl methyl sites for hydroxylation is 1. The molecule has 4 rings (SSSR count). The molecular formula is C25H29BrN6O2. The molecule has 1 atom stereocenters. The Bertz CT molecular complexity index is 1150. The van der Waals surface area contributed by atoms with E-state index in [1.165, 1.54) is 0 Å². The van der Waals surface area contributed by atoms with Gasteiger partial charge in [-0.1, -0.05) is 51.5 Å². The number of nitrogens with two attached hydrogens (primary N) is 1. The lowest BCUT2D eigenvalue weighted by atomic mass is 10.0. The Kier molecular flexibility index (Phi) is 7.62. The van der Waals surface area contributed by atoms with Gasteiger partial charge in [0.25, 0.3) is 0 Å². The maximum absolute atomic E-state index is 13.2. The lowest BCUT2D eigenvalue weighted by Crippen LogP contribution is -2.34. The monoisotopic (exact) mass is 524 g/mol. The molecule has 0 aliphatic carbocycles. The fourth-order valence-corrected chi connectivity index (χ4v) is 4.94. The van der Waals surface area contributed by atoms with Crippen molar-refractivity contribution in [3.05, 3.63) is 76.0 Å². The average Bonchev–Trinajstić information content (AvgIpc) is 3.47. The summed E-state index contributed by atoms with van der Waals surface area (Å²) >= 11 is 3.61. The Labute approximate surface area is 207 Å². The highest BCUT2D eigenvalue weighted by Crippen LogP contribution is 2.36. The van der Waals surface area contributed by atoms with Crippen molar-refractivity contribution in [3.63, 3.8) is 0 Å². The summed E-state index contributed by atoms with van der Waals surface area (Å²) in [4.78, 5) is 30.0. The van der Waals surface area contributed by atoms with Gasteiger partial charge in [-0.05, 0) is 42.2 Å². The minimum atomic E-state index is -0.0903. The van der Waals surface area contributed by atoms with Crippen molar-refractivity contribution in [1.29, 1.82) is 0 Å². The van der Waals surface area contributed by atoms with Crippen molar-refractivity contribution in [2.45, 2.75) is 44.8 Å². The molecule has 3 aromatic rings. The summed E-state index contributed by atoms with van der Waals surface area (Å²) in [7, 11) is 1.79. The number of likely N-dealkylation sites (tertiary alicyclic amines) is 1. The highest BCUT2D eigenvalue weighted by molar-refractivity contribution is 9.10. The van der Waals surface area contributed by atoms with E-state index in [0.29, 0.717) is 31.0 Å². The molecule has 0 saturated carbocycles. The Morgan fingerprint density at radius 2 is 1.88 bits per heavy atom. The number of nitrogen functional groups attached to an aromatic ring is 1. The van der Waals surface area contributed by atoms with Crippen molar-refractivity contribution >= 4 is 33.4 Å². The fraction of sp³-hybridized carbons (Fsp3) is 0.360. The molecule has 9 heteroatoms. The van der Waals surface area contributed by atoms with E-state index in [0.717, 1.165) is 28.4 Å². The Morgan fingerprint density at radius 1 is 1.12 bits per heavy atom. The molecule has 2 aromatic carbocycles. The van der Waals surface area contributed by atoms with Gasteiger partial charge in [-0.25, -0.2) is 0 Å². The maximum atomic E-state index is 13.2. The molecule has 2 N–H and O–H groups in total. The number of carbonyl (C=O) groups is 2. The first-order valence-electron chi connectivity index (χ1n) is 11.4. The highest BCUT2D eigenvalue weighted by atomic mass is 79.9. The van der Waals surface area contributed by atoms with E-state index in [1.54, 1.807) is 22.8 Å². The zero-order valence-electron chi connectivity index (χ0n) is 19.2. The van der Waals surface area contributed by atoms with Gasteiger partial charge in [0.05, 0.1) is 12.6 Å². The predicted octanol–water partition coefficient (Wildman–Crippen LogP) is 3.83. The SMILES string of the molecule is Cn1cc(CN(Cc2ccc(N)cc2)C(=O)CCC(=O)N2CCC[C@H]2c2ccccc2Br)nn1. The van der Waals surface area contributed by atoms with Crippen LogP contribution < -0.4 is 5.73 Å². The lowest BCUT2D eigenvalue weighted by Gasteiger charge is -2.27. The van der Waals surface area contributed by atoms with Gasteiger partial charge in [-0.2, -0.15) is 0 Å². The van der Waals surface area contributed by atoms with Crippen LogP contribution in [0.25, 0.3) is 0 Å². The van der Waals surface area contributed by atoms with Crippen LogP contribution in [0.4, 0.5) is 5.69 Å². The zero-order valence-corrected chi connectivity index (χ0v) is 20.8. The molecule has 1 aliphatic rings. The summed E-state index contributed by atoms with van der Waals surface area (Å²) < 4.78 is 2.62. The van der Waals surface area contributed by atoms with Crippen LogP contribution >= 0.6 is 15.9 Å². The molecule has 0 unspecified atom stereocenters. The van der Waals surface area contributed by atoms with Crippen LogP contribution in [0.2, 0.25) is 0 Å². The summed E-state index contributed by atoms with van der Waals surface area (Å²) in [6.45, 7) is 1.45. The third kappa shape index (κ3) is 5.83. The van der Waals surface area contributed by atoms with E-state index in [2.05, 4.69) is 32.3 Å². The van der Waals surface area contributed by atoms with Crippen LogP contribution in [-0.4, -0.2) is 43.2 Å². The van der Waals surface area contributed by atoms with Crippen LogP contribution in [0, 0.1) is 0 Å². The minimum absolute atomic E-state index is 0.0125. The average molecular weight is 525 g/mol. The largest absolute Gasteiger partial charge is 0.399 e. The number of nitrogens with zero attached hydrogens (tertiary/aromatic N) is 5. The fourth-order valence-electron chi connectivity index (χ4n) is 4.39. The first kappa shape index (κ1) is 23.9. The number of aromatic nitrogens is 3. The van der Waals surface area contributed by atoms with Crippen molar-refractivity contribution in [2.24, 2.45) is 7.05 Å². The van der Waals surface area contributed by atoms with Crippen LogP contribution in [0.3, 0.4) is 0 Å². The number of hydrogen-bond donors (Lipinski definition) is 1. The number of anilines is 1. The van der Waals surface area contributed by atoms with Gasteiger partial charge in [0.2, 0.25) is 11.8 Å². The standard InChI is InChI=1S/C25H29BrN6O2/c1-30-16-20(28-29-30)17-31(15-18-8-10-19(27)11-9-18)24(33)12-13-25(34)32-14-4-7-23(32)21-5-2-3-6-22(21)26/h2-3,5-6,8-11,16,23H,4,7,12-15,17,27H2,1H3/t23-/m0/s1. The summed E-state index contributed by atoms with van der Waals surface area (Å²) in [6, 6.07) is 15.5. The summed E-state index contributed by atoms with van der Waals surface area (Å²) in [6.07, 6.45) is 4.01. The summed E-state index contributed by atoms with van der Waals surface area (Å²) in [5.74, 6) is -0.0778. The number of halogens is 1. The van der Waals surface area contributed by atoms with Crippen LogP contribution in [-0.2, 0) is 29.7 Å². The van der Waals surface area contributed by atoms with Gasteiger partial charge in [-0.15, -0.1) is 5.10 Å². The molecular weight excluding hydrogens is 496 g/mol. The van der Waals surface area contributed by atoms with E-state index >= 15 is 0 Å². The minimum Gasteiger partial charge on any atom is -0.399 e. The van der Waals surface area contributed by atoms with Crippen molar-refractivity contribution in [3.8, 4) is 0 Å². The second-order valence-corrected chi connectivity index (χ2v) is 9.50. The van der Waals surface area contributed by atoms with E-state index in [4.69, 9.17) is 5.73 Å². The number of rotatable bonds is 8.